The zero-order valence-electron chi connectivity index (χ0n) is 14.1. The van der Waals surface area contributed by atoms with E-state index in [1.54, 1.807) is 12.1 Å². The van der Waals surface area contributed by atoms with Crippen LogP contribution >= 0.6 is 46.6 Å². The van der Waals surface area contributed by atoms with E-state index in [1.807, 2.05) is 0 Å². The number of anilines is 1. The lowest BCUT2D eigenvalue weighted by Crippen LogP contribution is -2.26. The number of esters is 1. The molecule has 0 unspecified atom stereocenters. The smallest absolute Gasteiger partial charge is 0.312 e. The van der Waals surface area contributed by atoms with Crippen molar-refractivity contribution in [3.63, 3.8) is 0 Å². The van der Waals surface area contributed by atoms with E-state index >= 15 is 0 Å². The molecule has 0 fully saturated rings. The molecule has 2 aromatic rings. The highest BCUT2D eigenvalue weighted by molar-refractivity contribution is 7.99. The number of nitro benzene ring substituents is 1. The van der Waals surface area contributed by atoms with Crippen LogP contribution < -0.4 is 10.1 Å². The number of nitrogens with one attached hydrogen (secondary N) is 1. The van der Waals surface area contributed by atoms with Gasteiger partial charge in [0.15, 0.2) is 0 Å². The summed E-state index contributed by atoms with van der Waals surface area (Å²) >= 11 is 17.8. The predicted molar refractivity (Wildman–Crippen MR) is 109 cm³/mol. The summed E-state index contributed by atoms with van der Waals surface area (Å²) in [7, 11) is 0. The second kappa shape index (κ2) is 9.97. The Morgan fingerprint density at radius 3 is 2.21 bits per heavy atom. The topological polar surface area (TPSA) is 98.5 Å². The molecule has 0 saturated heterocycles. The molecule has 0 radical (unpaired) electrons. The van der Waals surface area contributed by atoms with Gasteiger partial charge in [0.1, 0.15) is 5.75 Å². The van der Waals surface area contributed by atoms with Gasteiger partial charge in [-0.15, -0.1) is 11.8 Å². The summed E-state index contributed by atoms with van der Waals surface area (Å²) in [6, 6.07) is 12.1. The van der Waals surface area contributed by atoms with Crippen LogP contribution in [0.5, 0.6) is 5.75 Å². The summed E-state index contributed by atoms with van der Waals surface area (Å²) in [5.41, 5.74) is 0.391. The van der Waals surface area contributed by atoms with E-state index in [1.165, 1.54) is 48.2 Å². The Kier molecular flexibility index (Phi) is 7.94. The van der Waals surface area contributed by atoms with E-state index in [2.05, 4.69) is 5.32 Å². The average molecular weight is 464 g/mol. The molecule has 0 heterocycles. The summed E-state index contributed by atoms with van der Waals surface area (Å²) in [5, 5.41) is 13.0. The Hall–Kier alpha value is -2.00. The molecule has 1 amide bonds. The first kappa shape index (κ1) is 22.3. The number of thioether (sulfide) groups is 1. The molecule has 0 aliphatic rings. The lowest BCUT2D eigenvalue weighted by Gasteiger charge is -2.11. The minimum Gasteiger partial charge on any atom is -0.427 e. The van der Waals surface area contributed by atoms with Crippen LogP contribution in [-0.2, 0) is 9.59 Å². The molecule has 148 valence electrons. The molecule has 0 spiro atoms. The van der Waals surface area contributed by atoms with E-state index in [9.17, 15) is 19.7 Å². The number of nitro groups is 1. The molecule has 0 aromatic heterocycles. The highest BCUT2D eigenvalue weighted by Crippen LogP contribution is 2.28. The monoisotopic (exact) mass is 462 g/mol. The fraction of sp³-hybridized carbons (Fsp3) is 0.176. The summed E-state index contributed by atoms with van der Waals surface area (Å²) in [5.74, 6) is -0.483. The molecule has 11 heteroatoms. The molecule has 2 aromatic carbocycles. The fourth-order valence-electron chi connectivity index (χ4n) is 1.91. The number of benzene rings is 2. The molecule has 28 heavy (non-hydrogen) atoms. The average Bonchev–Trinajstić information content (AvgIpc) is 2.63. The van der Waals surface area contributed by atoms with Crippen LogP contribution in [0.4, 0.5) is 11.4 Å². The number of non-ortho nitro benzene ring substituents is 1. The molecule has 1 N–H and O–H groups in total. The first-order valence-electron chi connectivity index (χ1n) is 7.71. The summed E-state index contributed by atoms with van der Waals surface area (Å²) in [4.78, 5) is 34.4. The van der Waals surface area contributed by atoms with Gasteiger partial charge in [0.2, 0.25) is 0 Å². The normalized spacial score (nSPS) is 11.0. The van der Waals surface area contributed by atoms with Crippen LogP contribution in [0.15, 0.2) is 53.4 Å². The SMILES string of the molecule is O=C(CCSc1ccc([N+](=O)[O-])cc1)Oc1ccc(NC(=O)C(Cl)(Cl)Cl)cc1. The van der Waals surface area contributed by atoms with E-state index in [0.717, 1.165) is 4.90 Å². The number of halogens is 3. The maximum atomic E-state index is 11.9. The number of carbonyl (C=O) groups excluding carboxylic acids is 2. The summed E-state index contributed by atoms with van der Waals surface area (Å²) in [6.45, 7) is 0. The van der Waals surface area contributed by atoms with Crippen LogP contribution in [0.2, 0.25) is 0 Å². The van der Waals surface area contributed by atoms with Gasteiger partial charge < -0.3 is 10.1 Å². The molecule has 2 rings (SSSR count). The van der Waals surface area contributed by atoms with E-state index in [4.69, 9.17) is 39.5 Å². The lowest BCUT2D eigenvalue weighted by atomic mass is 10.3. The van der Waals surface area contributed by atoms with Crippen LogP contribution in [-0.4, -0.2) is 26.3 Å². The molecule has 0 aliphatic carbocycles. The molecule has 0 aliphatic heterocycles. The summed E-state index contributed by atoms with van der Waals surface area (Å²) < 4.78 is 3.12. The minimum atomic E-state index is -2.08. The summed E-state index contributed by atoms with van der Waals surface area (Å²) in [6.07, 6.45) is 0.146. The zero-order chi connectivity index (χ0) is 20.7. The van der Waals surface area contributed by atoms with Gasteiger partial charge in [0.25, 0.3) is 15.4 Å². The highest BCUT2D eigenvalue weighted by atomic mass is 35.6. The molecular weight excluding hydrogens is 451 g/mol. The molecule has 0 atom stereocenters. The first-order chi connectivity index (χ1) is 13.1. The van der Waals surface area contributed by atoms with E-state index in [-0.39, 0.29) is 12.1 Å². The number of nitrogens with zero attached hydrogens (tertiary/aromatic N) is 1. The second-order valence-corrected chi connectivity index (χ2v) is 8.75. The van der Waals surface area contributed by atoms with Gasteiger partial charge in [0, 0.05) is 28.5 Å². The van der Waals surface area contributed by atoms with Gasteiger partial charge in [-0.3, -0.25) is 19.7 Å². The molecule has 7 nitrogen and oxygen atoms in total. The van der Waals surface area contributed by atoms with Crippen molar-refractivity contribution in [1.29, 1.82) is 0 Å². The van der Waals surface area contributed by atoms with Gasteiger partial charge in [-0.25, -0.2) is 0 Å². The van der Waals surface area contributed by atoms with Gasteiger partial charge in [-0.05, 0) is 36.4 Å². The highest BCUT2D eigenvalue weighted by Gasteiger charge is 2.30. The zero-order valence-corrected chi connectivity index (χ0v) is 17.1. The fourth-order valence-corrected chi connectivity index (χ4v) is 2.88. The number of ether oxygens (including phenoxy) is 1. The van der Waals surface area contributed by atoms with Crippen molar-refractivity contribution in [2.75, 3.05) is 11.1 Å². The standard InChI is InChI=1S/C17H13Cl3N2O5S/c18-17(19,20)16(24)21-11-1-5-13(6-2-11)27-15(23)9-10-28-14-7-3-12(4-8-14)22(25)26/h1-8H,9-10H2,(H,21,24). The van der Waals surface area contributed by atoms with Crippen LogP contribution in [0.1, 0.15) is 6.42 Å². The van der Waals surface area contributed by atoms with Gasteiger partial charge in [-0.1, -0.05) is 34.8 Å². The molecule has 0 bridgehead atoms. The van der Waals surface area contributed by atoms with Crippen LogP contribution in [0.3, 0.4) is 0 Å². The number of carbonyl (C=O) groups is 2. The Balaban J connectivity index is 1.78. The minimum absolute atomic E-state index is 0.0113. The van der Waals surface area contributed by atoms with Gasteiger partial charge in [0.05, 0.1) is 11.3 Å². The van der Waals surface area contributed by atoms with Crippen molar-refractivity contribution < 1.29 is 19.2 Å². The predicted octanol–water partition coefficient (Wildman–Crippen LogP) is 4.99. The maximum absolute atomic E-state index is 11.9. The maximum Gasteiger partial charge on any atom is 0.312 e. The lowest BCUT2D eigenvalue weighted by molar-refractivity contribution is -0.384. The molecular formula is C17H13Cl3N2O5S. The quantitative estimate of drug-likeness (QED) is 0.155. The van der Waals surface area contributed by atoms with Crippen molar-refractivity contribution in [3.8, 4) is 5.75 Å². The third-order valence-electron chi connectivity index (χ3n) is 3.22. The Morgan fingerprint density at radius 1 is 1.07 bits per heavy atom. The van der Waals surface area contributed by atoms with Crippen molar-refractivity contribution >= 4 is 69.8 Å². The van der Waals surface area contributed by atoms with Crippen molar-refractivity contribution in [1.82, 2.24) is 0 Å². The van der Waals surface area contributed by atoms with E-state index in [0.29, 0.717) is 17.2 Å². The number of alkyl halides is 3. The van der Waals surface area contributed by atoms with Gasteiger partial charge >= 0.3 is 5.97 Å². The van der Waals surface area contributed by atoms with Crippen LogP contribution in [0.25, 0.3) is 0 Å². The number of amides is 1. The Labute approximate surface area is 179 Å². The molecule has 0 saturated carbocycles. The Morgan fingerprint density at radius 2 is 1.68 bits per heavy atom. The number of hydrogen-bond acceptors (Lipinski definition) is 6. The van der Waals surface area contributed by atoms with Crippen molar-refractivity contribution in [2.45, 2.75) is 15.1 Å². The third-order valence-corrected chi connectivity index (χ3v) is 4.75. The number of hydrogen-bond donors (Lipinski definition) is 1. The largest absolute Gasteiger partial charge is 0.427 e. The Bertz CT molecular complexity index is 855. The number of rotatable bonds is 7. The van der Waals surface area contributed by atoms with Crippen LogP contribution in [0, 0.1) is 10.1 Å². The first-order valence-corrected chi connectivity index (χ1v) is 9.83. The van der Waals surface area contributed by atoms with E-state index < -0.39 is 20.6 Å². The van der Waals surface area contributed by atoms with Gasteiger partial charge in [-0.2, -0.15) is 0 Å². The van der Waals surface area contributed by atoms with Crippen molar-refractivity contribution in [3.05, 3.63) is 58.6 Å². The van der Waals surface area contributed by atoms with Crippen molar-refractivity contribution in [2.24, 2.45) is 0 Å². The second-order valence-electron chi connectivity index (χ2n) is 5.30. The third kappa shape index (κ3) is 7.20.